The van der Waals surface area contributed by atoms with Crippen LogP contribution in [0, 0.1) is 6.92 Å². The summed E-state index contributed by atoms with van der Waals surface area (Å²) in [6.45, 7) is 12.3. The minimum atomic E-state index is -0.832. The van der Waals surface area contributed by atoms with Crippen molar-refractivity contribution in [3.8, 4) is 17.2 Å². The maximum absolute atomic E-state index is 13.3. The molecular formula is C28H36N2O6. The molecule has 36 heavy (non-hydrogen) atoms. The van der Waals surface area contributed by atoms with Gasteiger partial charge in [-0.15, -0.1) is 0 Å². The highest BCUT2D eigenvalue weighted by Crippen LogP contribution is 2.42. The Morgan fingerprint density at radius 3 is 2.36 bits per heavy atom. The third-order valence-electron chi connectivity index (χ3n) is 6.42. The molecule has 8 nitrogen and oxygen atoms in total. The zero-order chi connectivity index (χ0) is 26.6. The SMILES string of the molecule is CCN(CC)CCN1C(=O)C(=O)C(=C(O)c2ccc(OC(C)C)c(C)c2)[C@H]1c1ccc(O)c(OC)c1. The number of hydrogen-bond acceptors (Lipinski definition) is 7. The lowest BCUT2D eigenvalue weighted by molar-refractivity contribution is -0.140. The molecule has 1 aliphatic heterocycles. The number of nitrogens with zero attached hydrogens (tertiary/aromatic N) is 2. The van der Waals surface area contributed by atoms with Gasteiger partial charge in [0.2, 0.25) is 0 Å². The Morgan fingerprint density at radius 1 is 1.08 bits per heavy atom. The average Bonchev–Trinajstić information content (AvgIpc) is 3.10. The van der Waals surface area contributed by atoms with Crippen molar-refractivity contribution in [2.75, 3.05) is 33.3 Å². The zero-order valence-corrected chi connectivity index (χ0v) is 21.9. The van der Waals surface area contributed by atoms with E-state index in [4.69, 9.17) is 9.47 Å². The van der Waals surface area contributed by atoms with Gasteiger partial charge in [0.25, 0.3) is 11.7 Å². The van der Waals surface area contributed by atoms with Gasteiger partial charge in [-0.25, -0.2) is 0 Å². The number of phenolic OH excluding ortho intramolecular Hbond substituents is 1. The number of amides is 1. The molecule has 0 aliphatic carbocycles. The smallest absolute Gasteiger partial charge is 0.295 e. The third-order valence-corrected chi connectivity index (χ3v) is 6.42. The number of methoxy groups -OCH3 is 1. The van der Waals surface area contributed by atoms with E-state index in [2.05, 4.69) is 4.90 Å². The van der Waals surface area contributed by atoms with Crippen molar-refractivity contribution in [3.05, 3.63) is 58.7 Å². The molecule has 8 heteroatoms. The van der Waals surface area contributed by atoms with Crippen LogP contribution in [0.1, 0.15) is 50.4 Å². The number of ketones is 1. The molecule has 0 bridgehead atoms. The first-order valence-electron chi connectivity index (χ1n) is 12.3. The Labute approximate surface area is 212 Å². The van der Waals surface area contributed by atoms with E-state index < -0.39 is 17.7 Å². The van der Waals surface area contributed by atoms with Crippen LogP contribution in [-0.2, 0) is 9.59 Å². The predicted molar refractivity (Wildman–Crippen MR) is 138 cm³/mol. The number of rotatable bonds is 10. The largest absolute Gasteiger partial charge is 0.507 e. The van der Waals surface area contributed by atoms with Gasteiger partial charge in [0.15, 0.2) is 11.5 Å². The van der Waals surface area contributed by atoms with E-state index in [1.807, 2.05) is 34.6 Å². The van der Waals surface area contributed by atoms with E-state index in [1.54, 1.807) is 30.3 Å². The lowest BCUT2D eigenvalue weighted by atomic mass is 9.94. The van der Waals surface area contributed by atoms with Gasteiger partial charge in [0, 0.05) is 18.7 Å². The molecule has 1 saturated heterocycles. The number of ether oxygens (including phenoxy) is 2. The van der Waals surface area contributed by atoms with E-state index >= 15 is 0 Å². The Balaban J connectivity index is 2.13. The second-order valence-electron chi connectivity index (χ2n) is 9.10. The van der Waals surface area contributed by atoms with Crippen molar-refractivity contribution in [2.45, 2.75) is 46.8 Å². The lowest BCUT2D eigenvalue weighted by Gasteiger charge is -2.28. The van der Waals surface area contributed by atoms with Gasteiger partial charge in [-0.1, -0.05) is 19.9 Å². The first-order chi connectivity index (χ1) is 17.1. The van der Waals surface area contributed by atoms with Gasteiger partial charge in [0.1, 0.15) is 11.5 Å². The highest BCUT2D eigenvalue weighted by molar-refractivity contribution is 6.46. The van der Waals surface area contributed by atoms with Crippen LogP contribution in [0.2, 0.25) is 0 Å². The molecule has 1 amide bonds. The monoisotopic (exact) mass is 496 g/mol. The second-order valence-corrected chi connectivity index (χ2v) is 9.10. The number of likely N-dealkylation sites (N-methyl/N-ethyl adjacent to an activating group) is 1. The van der Waals surface area contributed by atoms with Gasteiger partial charge in [-0.3, -0.25) is 9.59 Å². The predicted octanol–water partition coefficient (Wildman–Crippen LogP) is 4.26. The minimum Gasteiger partial charge on any atom is -0.507 e. The first kappa shape index (κ1) is 27.1. The minimum absolute atomic E-state index is 0.00391. The van der Waals surface area contributed by atoms with Crippen LogP contribution in [0.4, 0.5) is 0 Å². The number of likely N-dealkylation sites (tertiary alicyclic amines) is 1. The molecular weight excluding hydrogens is 460 g/mol. The van der Waals surface area contributed by atoms with E-state index in [1.165, 1.54) is 18.1 Å². The number of aromatic hydroxyl groups is 1. The molecule has 0 radical (unpaired) electrons. The summed E-state index contributed by atoms with van der Waals surface area (Å²) in [6, 6.07) is 9.02. The van der Waals surface area contributed by atoms with Crippen LogP contribution in [0.25, 0.3) is 5.76 Å². The number of aliphatic hydroxyl groups is 1. The van der Waals surface area contributed by atoms with Crippen LogP contribution in [0.3, 0.4) is 0 Å². The summed E-state index contributed by atoms with van der Waals surface area (Å²) in [5, 5.41) is 21.5. The van der Waals surface area contributed by atoms with Gasteiger partial charge in [-0.2, -0.15) is 0 Å². The molecule has 2 N–H and O–H groups in total. The second kappa shape index (κ2) is 11.5. The van der Waals surface area contributed by atoms with Crippen molar-refractivity contribution in [1.82, 2.24) is 9.80 Å². The number of carbonyl (C=O) groups is 2. The Kier molecular flexibility index (Phi) is 8.63. The summed E-state index contributed by atoms with van der Waals surface area (Å²) in [5.41, 5.74) is 1.78. The number of benzene rings is 2. The Hall–Kier alpha value is -3.52. The third kappa shape index (κ3) is 5.49. The summed E-state index contributed by atoms with van der Waals surface area (Å²) < 4.78 is 11.1. The molecule has 1 aliphatic rings. The maximum atomic E-state index is 13.3. The van der Waals surface area contributed by atoms with E-state index in [-0.39, 0.29) is 28.9 Å². The number of phenols is 1. The molecule has 0 unspecified atom stereocenters. The number of aliphatic hydroxyl groups excluding tert-OH is 1. The molecule has 1 atom stereocenters. The van der Waals surface area contributed by atoms with Crippen LogP contribution in [0.5, 0.6) is 17.2 Å². The van der Waals surface area contributed by atoms with Gasteiger partial charge < -0.3 is 29.5 Å². The molecule has 0 spiro atoms. The van der Waals surface area contributed by atoms with E-state index in [0.29, 0.717) is 30.0 Å². The fourth-order valence-corrected chi connectivity index (χ4v) is 4.45. The fourth-order valence-electron chi connectivity index (χ4n) is 4.45. The topological polar surface area (TPSA) is 99.5 Å². The number of Topliss-reactive ketones (excluding diaryl/α,β-unsaturated/α-hetero) is 1. The van der Waals surface area contributed by atoms with Gasteiger partial charge in [0.05, 0.1) is 24.8 Å². The Morgan fingerprint density at radius 2 is 1.78 bits per heavy atom. The number of hydrogen-bond donors (Lipinski definition) is 2. The summed E-state index contributed by atoms with van der Waals surface area (Å²) in [6.07, 6.45) is -0.0104. The molecule has 0 saturated carbocycles. The Bertz CT molecular complexity index is 1150. The molecule has 2 aromatic carbocycles. The molecule has 1 fully saturated rings. The van der Waals surface area contributed by atoms with Crippen LogP contribution in [0.15, 0.2) is 42.0 Å². The highest BCUT2D eigenvalue weighted by Gasteiger charge is 2.46. The van der Waals surface area contributed by atoms with Gasteiger partial charge in [-0.05, 0) is 75.3 Å². The molecule has 0 aromatic heterocycles. The fraction of sp³-hybridized carbons (Fsp3) is 0.429. The summed E-state index contributed by atoms with van der Waals surface area (Å²) >= 11 is 0. The molecule has 3 rings (SSSR count). The van der Waals surface area contributed by atoms with Crippen LogP contribution in [-0.4, -0.2) is 71.1 Å². The van der Waals surface area contributed by atoms with E-state index in [0.717, 1.165) is 18.7 Å². The average molecular weight is 497 g/mol. The molecule has 194 valence electrons. The van der Waals surface area contributed by atoms with Crippen molar-refractivity contribution in [3.63, 3.8) is 0 Å². The quantitative estimate of drug-likeness (QED) is 0.288. The lowest BCUT2D eigenvalue weighted by Crippen LogP contribution is -2.38. The van der Waals surface area contributed by atoms with E-state index in [9.17, 15) is 19.8 Å². The molecule has 2 aromatic rings. The standard InChI is InChI=1S/C28H36N2O6/c1-7-29(8-2)13-14-30-25(19-9-11-21(31)23(16-19)35-6)24(27(33)28(30)34)26(32)20-10-12-22(18(5)15-20)36-17(3)4/h9-12,15-17,25,31-32H,7-8,13-14H2,1-6H3/t25-/m1/s1. The maximum Gasteiger partial charge on any atom is 0.295 e. The van der Waals surface area contributed by atoms with Crippen molar-refractivity contribution in [2.24, 2.45) is 0 Å². The van der Waals surface area contributed by atoms with Crippen molar-refractivity contribution in [1.29, 1.82) is 0 Å². The molecule has 1 heterocycles. The van der Waals surface area contributed by atoms with Crippen LogP contribution >= 0.6 is 0 Å². The van der Waals surface area contributed by atoms with Crippen molar-refractivity contribution < 1.29 is 29.3 Å². The number of aryl methyl sites for hydroxylation is 1. The first-order valence-corrected chi connectivity index (χ1v) is 12.3. The number of carbonyl (C=O) groups excluding carboxylic acids is 2. The summed E-state index contributed by atoms with van der Waals surface area (Å²) in [7, 11) is 1.43. The van der Waals surface area contributed by atoms with Crippen molar-refractivity contribution >= 4 is 17.4 Å². The zero-order valence-electron chi connectivity index (χ0n) is 21.9. The normalized spacial score (nSPS) is 17.3. The summed E-state index contributed by atoms with van der Waals surface area (Å²) in [5.74, 6) is -0.831. The van der Waals surface area contributed by atoms with Gasteiger partial charge >= 0.3 is 0 Å². The highest BCUT2D eigenvalue weighted by atomic mass is 16.5. The van der Waals surface area contributed by atoms with Crippen LogP contribution < -0.4 is 9.47 Å². The summed E-state index contributed by atoms with van der Waals surface area (Å²) in [4.78, 5) is 30.1.